The first-order valence-corrected chi connectivity index (χ1v) is 9.96. The number of carbonyl (C=O) groups excluding carboxylic acids is 2. The van der Waals surface area contributed by atoms with Gasteiger partial charge in [0.05, 0.1) is 12.8 Å². The fourth-order valence-corrected chi connectivity index (χ4v) is 3.75. The summed E-state index contributed by atoms with van der Waals surface area (Å²) < 4.78 is 16.9. The van der Waals surface area contributed by atoms with Crippen molar-refractivity contribution in [2.45, 2.75) is 32.6 Å². The van der Waals surface area contributed by atoms with E-state index in [4.69, 9.17) is 13.9 Å². The van der Waals surface area contributed by atoms with E-state index in [9.17, 15) is 9.59 Å². The fourth-order valence-electron chi connectivity index (χ4n) is 3.75. The Morgan fingerprint density at radius 1 is 1.07 bits per heavy atom. The Balaban J connectivity index is 1.44. The third-order valence-corrected chi connectivity index (χ3v) is 5.09. The van der Waals surface area contributed by atoms with Gasteiger partial charge in [-0.15, -0.1) is 0 Å². The summed E-state index contributed by atoms with van der Waals surface area (Å²) in [5, 5.41) is 6.51. The molecule has 0 fully saturated rings. The third kappa shape index (κ3) is 4.25. The second-order valence-electron chi connectivity index (χ2n) is 7.30. The Bertz CT molecular complexity index is 1100. The second-order valence-corrected chi connectivity index (χ2v) is 7.30. The number of benzene rings is 2. The first-order valence-electron chi connectivity index (χ1n) is 9.96. The number of methoxy groups -OCH3 is 1. The lowest BCUT2D eigenvalue weighted by atomic mass is 9.96. The molecule has 156 valence electrons. The van der Waals surface area contributed by atoms with Crippen molar-refractivity contribution in [2.75, 3.05) is 24.4 Å². The van der Waals surface area contributed by atoms with E-state index in [0.717, 1.165) is 42.4 Å². The number of carbonyl (C=O) groups is 2. The maximum atomic E-state index is 12.4. The summed E-state index contributed by atoms with van der Waals surface area (Å²) in [6.45, 7) is 1.27. The number of rotatable bonds is 6. The van der Waals surface area contributed by atoms with Gasteiger partial charge in [0, 0.05) is 30.0 Å². The number of fused-ring (bicyclic) bond motifs is 3. The van der Waals surface area contributed by atoms with Gasteiger partial charge < -0.3 is 24.5 Å². The van der Waals surface area contributed by atoms with Crippen molar-refractivity contribution in [2.24, 2.45) is 0 Å². The summed E-state index contributed by atoms with van der Waals surface area (Å²) in [6, 6.07) is 10.7. The van der Waals surface area contributed by atoms with E-state index in [1.54, 1.807) is 18.2 Å². The van der Waals surface area contributed by atoms with Crippen molar-refractivity contribution < 1.29 is 23.5 Å². The highest BCUT2D eigenvalue weighted by Crippen LogP contribution is 2.34. The molecular weight excluding hydrogens is 384 g/mol. The van der Waals surface area contributed by atoms with Gasteiger partial charge in [-0.3, -0.25) is 9.59 Å². The number of amides is 2. The minimum Gasteiger partial charge on any atom is -0.495 e. The molecule has 0 unspecified atom stereocenters. The Morgan fingerprint density at radius 2 is 1.90 bits per heavy atom. The van der Waals surface area contributed by atoms with Gasteiger partial charge in [-0.1, -0.05) is 0 Å². The molecule has 0 aliphatic heterocycles. The number of ether oxygens (including phenoxy) is 2. The average Bonchev–Trinajstić information content (AvgIpc) is 3.10. The molecule has 7 heteroatoms. The maximum Gasteiger partial charge on any atom is 0.262 e. The predicted octanol–water partition coefficient (Wildman–Crippen LogP) is 4.30. The first-order chi connectivity index (χ1) is 14.5. The molecule has 30 heavy (non-hydrogen) atoms. The number of aryl methyl sites for hydroxylation is 2. The Kier molecular flexibility index (Phi) is 5.61. The van der Waals surface area contributed by atoms with Crippen LogP contribution in [0.4, 0.5) is 11.4 Å². The normalized spacial score (nSPS) is 12.9. The van der Waals surface area contributed by atoms with E-state index >= 15 is 0 Å². The summed E-state index contributed by atoms with van der Waals surface area (Å²) >= 11 is 0. The minimum absolute atomic E-state index is 0.154. The molecule has 7 nitrogen and oxygen atoms in total. The SMILES string of the molecule is COc1ccc(NC(C)=O)cc1NC(=O)COc1ccc2oc3c(c2c1)CCCC3. The lowest BCUT2D eigenvalue weighted by Gasteiger charge is -2.13. The standard InChI is InChI=1S/C23H24N2O5/c1-14(26)24-15-7-9-22(28-2)19(11-15)25-23(27)13-29-16-8-10-21-18(12-16)17-5-3-4-6-20(17)30-21/h7-12H,3-6,13H2,1-2H3,(H,24,26)(H,25,27). The van der Waals surface area contributed by atoms with Crippen LogP contribution in [0, 0.1) is 0 Å². The molecule has 1 aliphatic rings. The molecule has 2 N–H and O–H groups in total. The molecule has 0 bridgehead atoms. The van der Waals surface area contributed by atoms with Crippen LogP contribution in [0.1, 0.15) is 31.1 Å². The smallest absolute Gasteiger partial charge is 0.262 e. The van der Waals surface area contributed by atoms with Crippen molar-refractivity contribution in [3.05, 3.63) is 47.7 Å². The summed E-state index contributed by atoms with van der Waals surface area (Å²) in [7, 11) is 1.51. The quantitative estimate of drug-likeness (QED) is 0.635. The van der Waals surface area contributed by atoms with Gasteiger partial charge >= 0.3 is 0 Å². The Hall–Kier alpha value is -3.48. The highest BCUT2D eigenvalue weighted by atomic mass is 16.5. The maximum absolute atomic E-state index is 12.4. The van der Waals surface area contributed by atoms with Gasteiger partial charge in [0.15, 0.2) is 6.61 Å². The van der Waals surface area contributed by atoms with Crippen LogP contribution in [0.15, 0.2) is 40.8 Å². The highest BCUT2D eigenvalue weighted by Gasteiger charge is 2.18. The van der Waals surface area contributed by atoms with Gasteiger partial charge in [0.25, 0.3) is 5.91 Å². The summed E-state index contributed by atoms with van der Waals surface area (Å²) in [4.78, 5) is 23.7. The molecule has 2 amide bonds. The molecule has 0 saturated carbocycles. The van der Waals surface area contributed by atoms with Crippen molar-refractivity contribution in [1.82, 2.24) is 0 Å². The van der Waals surface area contributed by atoms with E-state index in [1.807, 2.05) is 18.2 Å². The third-order valence-electron chi connectivity index (χ3n) is 5.09. The number of nitrogens with one attached hydrogen (secondary N) is 2. The fraction of sp³-hybridized carbons (Fsp3) is 0.304. The summed E-state index contributed by atoms with van der Waals surface area (Å²) in [5.74, 6) is 1.65. The largest absolute Gasteiger partial charge is 0.495 e. The first kappa shape index (κ1) is 19.8. The Morgan fingerprint density at radius 3 is 2.70 bits per heavy atom. The van der Waals surface area contributed by atoms with Crippen molar-refractivity contribution in [3.63, 3.8) is 0 Å². The van der Waals surface area contributed by atoms with E-state index in [0.29, 0.717) is 22.9 Å². The number of anilines is 2. The van der Waals surface area contributed by atoms with Gasteiger partial charge in [0.2, 0.25) is 5.91 Å². The van der Waals surface area contributed by atoms with Crippen LogP contribution < -0.4 is 20.1 Å². The molecular formula is C23H24N2O5. The van der Waals surface area contributed by atoms with Crippen molar-refractivity contribution in [3.8, 4) is 11.5 Å². The molecule has 0 radical (unpaired) electrons. The monoisotopic (exact) mass is 408 g/mol. The van der Waals surface area contributed by atoms with Gasteiger partial charge in [-0.2, -0.15) is 0 Å². The van der Waals surface area contributed by atoms with Crippen molar-refractivity contribution in [1.29, 1.82) is 0 Å². The van der Waals surface area contributed by atoms with Crippen LogP contribution in [0.3, 0.4) is 0 Å². The highest BCUT2D eigenvalue weighted by molar-refractivity contribution is 5.95. The molecule has 1 heterocycles. The molecule has 1 aromatic heterocycles. The molecule has 0 atom stereocenters. The molecule has 0 saturated heterocycles. The zero-order valence-electron chi connectivity index (χ0n) is 17.0. The zero-order chi connectivity index (χ0) is 21.1. The van der Waals surface area contributed by atoms with Crippen LogP contribution in [0.5, 0.6) is 11.5 Å². The number of hydrogen-bond acceptors (Lipinski definition) is 5. The minimum atomic E-state index is -0.331. The predicted molar refractivity (Wildman–Crippen MR) is 114 cm³/mol. The van der Waals surface area contributed by atoms with E-state index in [1.165, 1.54) is 19.6 Å². The summed E-state index contributed by atoms with van der Waals surface area (Å²) in [6.07, 6.45) is 4.30. The van der Waals surface area contributed by atoms with Gasteiger partial charge in [-0.05, 0) is 55.7 Å². The van der Waals surface area contributed by atoms with Crippen LogP contribution in [0.25, 0.3) is 11.0 Å². The molecule has 3 aromatic rings. The Labute approximate surface area is 174 Å². The van der Waals surface area contributed by atoms with E-state index in [2.05, 4.69) is 10.6 Å². The molecule has 2 aromatic carbocycles. The molecule has 4 rings (SSSR count). The van der Waals surface area contributed by atoms with Crippen molar-refractivity contribution >= 4 is 34.2 Å². The second kappa shape index (κ2) is 8.49. The lowest BCUT2D eigenvalue weighted by Crippen LogP contribution is -2.20. The van der Waals surface area contributed by atoms with Crippen LogP contribution in [0.2, 0.25) is 0 Å². The van der Waals surface area contributed by atoms with Gasteiger partial charge in [0.1, 0.15) is 22.8 Å². The topological polar surface area (TPSA) is 89.8 Å². The van der Waals surface area contributed by atoms with Crippen LogP contribution >= 0.6 is 0 Å². The summed E-state index contributed by atoms with van der Waals surface area (Å²) in [5.41, 5.74) is 3.13. The van der Waals surface area contributed by atoms with Crippen LogP contribution in [-0.2, 0) is 22.4 Å². The molecule has 0 spiro atoms. The molecule has 1 aliphatic carbocycles. The van der Waals surface area contributed by atoms with Crippen LogP contribution in [-0.4, -0.2) is 25.5 Å². The number of furan rings is 1. The van der Waals surface area contributed by atoms with Gasteiger partial charge in [-0.25, -0.2) is 0 Å². The zero-order valence-corrected chi connectivity index (χ0v) is 17.0. The lowest BCUT2D eigenvalue weighted by molar-refractivity contribution is -0.118. The number of hydrogen-bond donors (Lipinski definition) is 2. The van der Waals surface area contributed by atoms with E-state index in [-0.39, 0.29) is 18.4 Å². The average molecular weight is 408 g/mol. The van der Waals surface area contributed by atoms with E-state index < -0.39 is 0 Å².